The van der Waals surface area contributed by atoms with Crippen LogP contribution in [0.2, 0.25) is 0 Å². The predicted octanol–water partition coefficient (Wildman–Crippen LogP) is 4.43. The van der Waals surface area contributed by atoms with Crippen LogP contribution >= 0.6 is 0 Å². The lowest BCUT2D eigenvalue weighted by Crippen LogP contribution is -2.49. The molecule has 0 aromatic heterocycles. The molecular weight excluding hydrogens is 572 g/mol. The van der Waals surface area contributed by atoms with Crippen LogP contribution in [0.5, 0.6) is 0 Å². The molecular formula is C30H29F2NO8S. The molecule has 12 heteroatoms. The summed E-state index contributed by atoms with van der Waals surface area (Å²) in [6.45, 7) is 4.26. The molecule has 1 aliphatic heterocycles. The Morgan fingerprint density at radius 3 is 2.12 bits per heavy atom. The van der Waals surface area contributed by atoms with E-state index in [2.05, 4.69) is 0 Å². The lowest BCUT2D eigenvalue weighted by Gasteiger charge is -2.36. The average molecular weight is 602 g/mol. The van der Waals surface area contributed by atoms with E-state index in [-0.39, 0.29) is 17.9 Å². The number of hydrogen-bond acceptors (Lipinski definition) is 7. The summed E-state index contributed by atoms with van der Waals surface area (Å²) in [5.74, 6) is -5.42. The Balaban J connectivity index is 1.37. The van der Waals surface area contributed by atoms with Crippen LogP contribution < -0.4 is 0 Å². The van der Waals surface area contributed by atoms with Gasteiger partial charge < -0.3 is 14.4 Å². The minimum Gasteiger partial charge on any atom is -0.456 e. The molecule has 1 N–H and O–H groups in total. The van der Waals surface area contributed by atoms with Gasteiger partial charge in [-0.2, -0.15) is 17.2 Å². The number of alkyl halides is 2. The first kappa shape index (κ1) is 28.5. The van der Waals surface area contributed by atoms with Gasteiger partial charge in [0.1, 0.15) is 6.10 Å². The molecule has 6 rings (SSSR count). The largest absolute Gasteiger partial charge is 0.456 e. The molecule has 3 aromatic rings. The van der Waals surface area contributed by atoms with Crippen molar-refractivity contribution < 1.29 is 45.6 Å². The Morgan fingerprint density at radius 1 is 1.00 bits per heavy atom. The number of fused-ring (bicyclic) bond motifs is 3. The number of halogens is 2. The topological polar surface area (TPSA) is 127 Å². The van der Waals surface area contributed by atoms with Gasteiger partial charge in [-0.15, -0.1) is 0 Å². The van der Waals surface area contributed by atoms with Crippen LogP contribution in [0.4, 0.5) is 8.78 Å². The van der Waals surface area contributed by atoms with E-state index >= 15 is 0 Å². The summed E-state index contributed by atoms with van der Waals surface area (Å²) >= 11 is 0. The zero-order chi connectivity index (χ0) is 30.3. The summed E-state index contributed by atoms with van der Waals surface area (Å²) in [6.07, 6.45) is -3.13. The maximum atomic E-state index is 14.2. The van der Waals surface area contributed by atoms with E-state index in [0.29, 0.717) is 29.7 Å². The zero-order valence-electron chi connectivity index (χ0n) is 22.9. The van der Waals surface area contributed by atoms with Crippen molar-refractivity contribution >= 4 is 49.5 Å². The number of amides is 1. The normalized spacial score (nSPS) is 27.7. The predicted molar refractivity (Wildman–Crippen MR) is 147 cm³/mol. The molecule has 222 valence electrons. The van der Waals surface area contributed by atoms with Crippen LogP contribution in [0.3, 0.4) is 0 Å². The van der Waals surface area contributed by atoms with Crippen LogP contribution in [0.15, 0.2) is 54.6 Å². The Morgan fingerprint density at radius 2 is 1.57 bits per heavy atom. The van der Waals surface area contributed by atoms with Crippen molar-refractivity contribution in [3.8, 4) is 0 Å². The summed E-state index contributed by atoms with van der Waals surface area (Å²) in [5.41, 5.74) is 0.337. The summed E-state index contributed by atoms with van der Waals surface area (Å²) < 4.78 is 70.9. The molecule has 7 atom stereocenters. The molecule has 2 bridgehead atoms. The van der Waals surface area contributed by atoms with Gasteiger partial charge in [0.15, 0.2) is 6.10 Å². The fraction of sp³-hybridized carbons (Fsp3) is 0.433. The average Bonchev–Trinajstić information content (AvgIpc) is 3.54. The van der Waals surface area contributed by atoms with Crippen LogP contribution in [-0.2, 0) is 29.2 Å². The molecule has 0 radical (unpaired) electrons. The highest BCUT2D eigenvalue weighted by molar-refractivity contribution is 7.86. The highest BCUT2D eigenvalue weighted by atomic mass is 32.2. The third-order valence-corrected chi connectivity index (χ3v) is 10.1. The Labute approximate surface area is 240 Å². The van der Waals surface area contributed by atoms with Gasteiger partial charge in [0.25, 0.3) is 0 Å². The van der Waals surface area contributed by atoms with Crippen molar-refractivity contribution in [3.63, 3.8) is 0 Å². The number of benzene rings is 3. The first-order valence-electron chi connectivity index (χ1n) is 13.7. The summed E-state index contributed by atoms with van der Waals surface area (Å²) in [6, 6.07) is 15.9. The number of hydrogen-bond donors (Lipinski definition) is 1. The number of ether oxygens (including phenoxy) is 2. The highest BCUT2D eigenvalue weighted by Gasteiger charge is 2.71. The minimum atomic E-state index is -5.87. The van der Waals surface area contributed by atoms with Gasteiger partial charge in [0, 0.05) is 12.0 Å². The van der Waals surface area contributed by atoms with E-state index in [4.69, 9.17) is 14.0 Å². The van der Waals surface area contributed by atoms with Gasteiger partial charge in [-0.3, -0.25) is 14.1 Å². The van der Waals surface area contributed by atoms with Gasteiger partial charge in [0.2, 0.25) is 5.91 Å². The zero-order valence-corrected chi connectivity index (χ0v) is 23.8. The second-order valence-corrected chi connectivity index (χ2v) is 13.1. The van der Waals surface area contributed by atoms with Crippen LogP contribution in [0.1, 0.15) is 37.6 Å². The van der Waals surface area contributed by atoms with Gasteiger partial charge in [-0.05, 0) is 60.7 Å². The number of nitrogens with zero attached hydrogens (tertiary/aromatic N) is 1. The molecule has 0 spiro atoms. The van der Waals surface area contributed by atoms with E-state index < -0.39 is 63.3 Å². The third-order valence-electron chi connectivity index (χ3n) is 9.07. The van der Waals surface area contributed by atoms with Gasteiger partial charge in [-0.1, -0.05) is 48.5 Å². The molecule has 2 saturated carbocycles. The monoisotopic (exact) mass is 601 g/mol. The van der Waals surface area contributed by atoms with Crippen molar-refractivity contribution in [3.05, 3.63) is 60.2 Å². The van der Waals surface area contributed by atoms with E-state index in [1.54, 1.807) is 18.7 Å². The lowest BCUT2D eigenvalue weighted by atomic mass is 9.78. The molecule has 42 heavy (non-hydrogen) atoms. The van der Waals surface area contributed by atoms with Crippen molar-refractivity contribution in [2.45, 2.75) is 56.7 Å². The summed E-state index contributed by atoms with van der Waals surface area (Å²) in [5, 5.41) is -1.77. The Kier molecular flexibility index (Phi) is 6.58. The molecule has 1 saturated heterocycles. The smallest absolute Gasteiger partial charge is 0.405 e. The third kappa shape index (κ3) is 4.10. The van der Waals surface area contributed by atoms with Gasteiger partial charge in [-0.25, -0.2) is 4.79 Å². The summed E-state index contributed by atoms with van der Waals surface area (Å²) in [7, 11) is -5.87. The number of rotatable bonds is 7. The maximum Gasteiger partial charge on any atom is 0.405 e. The second kappa shape index (κ2) is 9.70. The maximum absolute atomic E-state index is 14.2. The van der Waals surface area contributed by atoms with E-state index in [0.717, 1.165) is 10.8 Å². The van der Waals surface area contributed by atoms with Gasteiger partial charge >= 0.3 is 27.3 Å². The summed E-state index contributed by atoms with van der Waals surface area (Å²) in [4.78, 5) is 42.5. The Hall–Kier alpha value is -3.64. The van der Waals surface area contributed by atoms with Crippen LogP contribution in [0, 0.1) is 23.7 Å². The molecule has 1 heterocycles. The second-order valence-electron chi connectivity index (χ2n) is 11.6. The molecule has 3 aromatic carbocycles. The molecule has 3 fully saturated rings. The van der Waals surface area contributed by atoms with Crippen molar-refractivity contribution in [1.82, 2.24) is 4.90 Å². The SMILES string of the molecule is CC(C)N1C(=O)C2C3CC(C(OC(=O)c4c5ccccc5cc5ccccc45)C31)C2C(=O)OC(C)C(F)(F)S(=O)(=O)O. The van der Waals surface area contributed by atoms with E-state index in [9.17, 15) is 31.6 Å². The van der Waals surface area contributed by atoms with Gasteiger partial charge in [0.05, 0.1) is 23.4 Å². The fourth-order valence-electron chi connectivity index (χ4n) is 7.37. The molecule has 7 unspecified atom stereocenters. The number of carbonyl (C=O) groups is 3. The first-order chi connectivity index (χ1) is 19.7. The van der Waals surface area contributed by atoms with E-state index in [1.807, 2.05) is 54.6 Å². The van der Waals surface area contributed by atoms with Crippen molar-refractivity contribution in [2.24, 2.45) is 23.7 Å². The molecule has 9 nitrogen and oxygen atoms in total. The van der Waals surface area contributed by atoms with Crippen molar-refractivity contribution in [1.29, 1.82) is 0 Å². The van der Waals surface area contributed by atoms with Crippen molar-refractivity contribution in [2.75, 3.05) is 0 Å². The lowest BCUT2D eigenvalue weighted by molar-refractivity contribution is -0.170. The van der Waals surface area contributed by atoms with Crippen LogP contribution in [-0.4, -0.2) is 65.3 Å². The molecule has 2 aliphatic carbocycles. The van der Waals surface area contributed by atoms with Crippen LogP contribution in [0.25, 0.3) is 21.5 Å². The minimum absolute atomic E-state index is 0.300. The quantitative estimate of drug-likeness (QED) is 0.239. The molecule has 1 amide bonds. The number of esters is 2. The van der Waals surface area contributed by atoms with E-state index in [1.165, 1.54) is 0 Å². The number of likely N-dealkylation sites (tertiary alicyclic amines) is 1. The first-order valence-corrected chi connectivity index (χ1v) is 15.2. The number of carbonyl (C=O) groups excluding carboxylic acids is 3. The standard InChI is InChI=1S/C30H29F2NO8S/c1-14(2)33-25-20-13-21(24(23(20)27(33)34)29(36)40-15(3)30(31,32)42(37,38)39)26(25)41-28(35)22-18-10-6-4-8-16(18)12-17-9-5-7-11-19(17)22/h4-12,14-15,20-21,23-26H,13H2,1-3H3,(H,37,38,39). The fourth-order valence-corrected chi connectivity index (χ4v) is 7.84. The molecule has 3 aliphatic rings. The Bertz CT molecular complexity index is 1690. The highest BCUT2D eigenvalue weighted by Crippen LogP contribution is 2.60.